The number of nitrogens with zero attached hydrogens (tertiary/aromatic N) is 2. The highest BCUT2D eigenvalue weighted by molar-refractivity contribution is 7.98. The van der Waals surface area contributed by atoms with Crippen molar-refractivity contribution >= 4 is 39.1 Å². The maximum Gasteiger partial charge on any atom is 0.159 e. The maximum absolute atomic E-state index is 11.7. The third-order valence-corrected chi connectivity index (χ3v) is 6.28. The Bertz CT molecular complexity index is 964. The second-order valence-electron chi connectivity index (χ2n) is 5.91. The second kappa shape index (κ2) is 7.14. The summed E-state index contributed by atoms with van der Waals surface area (Å²) in [4.78, 5) is 23.2. The number of aromatic nitrogens is 2. The maximum atomic E-state index is 11.7. The minimum absolute atomic E-state index is 0.0541. The zero-order valence-corrected chi connectivity index (χ0v) is 16.6. The van der Waals surface area contributed by atoms with Gasteiger partial charge < -0.3 is 4.74 Å². The molecule has 2 heterocycles. The van der Waals surface area contributed by atoms with Crippen molar-refractivity contribution in [2.45, 2.75) is 38.5 Å². The quantitative estimate of drug-likeness (QED) is 0.353. The lowest BCUT2D eigenvalue weighted by atomic mass is 10.1. The molecule has 3 aromatic rings. The summed E-state index contributed by atoms with van der Waals surface area (Å²) in [5, 5.41) is 2.12. The van der Waals surface area contributed by atoms with E-state index in [0.29, 0.717) is 11.3 Å². The van der Waals surface area contributed by atoms with Crippen LogP contribution in [-0.2, 0) is 5.75 Å². The summed E-state index contributed by atoms with van der Waals surface area (Å²) in [6.07, 6.45) is 0. The summed E-state index contributed by atoms with van der Waals surface area (Å²) in [6, 6.07) is 5.56. The number of rotatable bonds is 5. The van der Waals surface area contributed by atoms with E-state index in [9.17, 15) is 4.79 Å². The number of benzene rings is 1. The normalized spacial score (nSPS) is 11.1. The molecule has 0 atom stereocenters. The molecule has 3 rings (SSSR count). The predicted molar refractivity (Wildman–Crippen MR) is 104 cm³/mol. The van der Waals surface area contributed by atoms with Gasteiger partial charge in [-0.15, -0.1) is 23.1 Å². The van der Waals surface area contributed by atoms with E-state index in [1.165, 1.54) is 10.4 Å². The standard InChI is InChI=1S/C19H20N2O2S2/c1-10-12(3)25-19-17(10)18(20-13(4)21-19)24-9-15-8-14(11(2)22)6-7-16(15)23-5/h6-8H,9H2,1-5H3. The van der Waals surface area contributed by atoms with Gasteiger partial charge in [-0.3, -0.25) is 4.79 Å². The Morgan fingerprint density at radius 2 is 2.00 bits per heavy atom. The molecule has 0 bridgehead atoms. The molecule has 0 aliphatic rings. The molecule has 0 radical (unpaired) electrons. The summed E-state index contributed by atoms with van der Waals surface area (Å²) in [6.45, 7) is 7.73. The Hall–Kier alpha value is -1.92. The summed E-state index contributed by atoms with van der Waals surface area (Å²) in [5.41, 5.74) is 2.93. The van der Waals surface area contributed by atoms with Crippen molar-refractivity contribution in [1.29, 1.82) is 0 Å². The third kappa shape index (κ3) is 3.55. The highest BCUT2D eigenvalue weighted by atomic mass is 32.2. The van der Waals surface area contributed by atoms with Gasteiger partial charge in [-0.2, -0.15) is 0 Å². The zero-order chi connectivity index (χ0) is 18.1. The first-order valence-electron chi connectivity index (χ1n) is 7.95. The van der Waals surface area contributed by atoms with Gasteiger partial charge in [0.2, 0.25) is 0 Å². The van der Waals surface area contributed by atoms with Crippen LogP contribution >= 0.6 is 23.1 Å². The molecule has 1 aromatic carbocycles. The number of ether oxygens (including phenoxy) is 1. The van der Waals surface area contributed by atoms with Crippen molar-refractivity contribution in [3.8, 4) is 5.75 Å². The summed E-state index contributed by atoms with van der Waals surface area (Å²) in [5.74, 6) is 2.31. The molecule has 0 aliphatic heterocycles. The summed E-state index contributed by atoms with van der Waals surface area (Å²) in [7, 11) is 1.65. The number of Topliss-reactive ketones (excluding diaryl/α,β-unsaturated/α-hetero) is 1. The minimum atomic E-state index is 0.0541. The van der Waals surface area contributed by atoms with Crippen molar-refractivity contribution in [3.63, 3.8) is 0 Å². The molecule has 6 heteroatoms. The van der Waals surface area contributed by atoms with Crippen LogP contribution in [0, 0.1) is 20.8 Å². The summed E-state index contributed by atoms with van der Waals surface area (Å²) >= 11 is 3.37. The van der Waals surface area contributed by atoms with Gasteiger partial charge in [0, 0.05) is 27.1 Å². The number of fused-ring (bicyclic) bond motifs is 1. The molecule has 0 saturated heterocycles. The topological polar surface area (TPSA) is 52.1 Å². The molecule has 4 nitrogen and oxygen atoms in total. The van der Waals surface area contributed by atoms with Gasteiger partial charge in [-0.1, -0.05) is 0 Å². The van der Waals surface area contributed by atoms with Crippen LogP contribution in [-0.4, -0.2) is 22.9 Å². The first kappa shape index (κ1) is 17.9. The van der Waals surface area contributed by atoms with Crippen molar-refractivity contribution in [2.24, 2.45) is 0 Å². The Kier molecular flexibility index (Phi) is 5.11. The molecule has 25 heavy (non-hydrogen) atoms. The SMILES string of the molecule is COc1ccc(C(C)=O)cc1CSc1nc(C)nc2sc(C)c(C)c12. The molecular weight excluding hydrogens is 352 g/mol. The summed E-state index contributed by atoms with van der Waals surface area (Å²) < 4.78 is 5.45. The number of thiophene rings is 1. The first-order valence-corrected chi connectivity index (χ1v) is 9.76. The molecule has 0 spiro atoms. The fourth-order valence-corrected chi connectivity index (χ4v) is 4.92. The highest BCUT2D eigenvalue weighted by Gasteiger charge is 2.15. The monoisotopic (exact) mass is 372 g/mol. The number of hydrogen-bond acceptors (Lipinski definition) is 6. The van der Waals surface area contributed by atoms with E-state index in [2.05, 4.69) is 23.8 Å². The lowest BCUT2D eigenvalue weighted by Gasteiger charge is -2.10. The van der Waals surface area contributed by atoms with Crippen LogP contribution in [0.15, 0.2) is 23.2 Å². The van der Waals surface area contributed by atoms with Gasteiger partial charge in [0.15, 0.2) is 5.78 Å². The predicted octanol–water partition coefficient (Wildman–Crippen LogP) is 5.12. The first-order chi connectivity index (χ1) is 11.9. The average Bonchev–Trinajstić information content (AvgIpc) is 2.86. The number of thioether (sulfide) groups is 1. The van der Waals surface area contributed by atoms with Gasteiger partial charge in [0.05, 0.1) is 7.11 Å². The van der Waals surface area contributed by atoms with Crippen LogP contribution in [0.4, 0.5) is 0 Å². The smallest absolute Gasteiger partial charge is 0.159 e. The van der Waals surface area contributed by atoms with E-state index in [-0.39, 0.29) is 5.78 Å². The molecule has 0 aliphatic carbocycles. The molecule has 0 fully saturated rings. The van der Waals surface area contributed by atoms with Gasteiger partial charge >= 0.3 is 0 Å². The Balaban J connectivity index is 1.98. The fourth-order valence-electron chi connectivity index (χ4n) is 2.68. The lowest BCUT2D eigenvalue weighted by molar-refractivity contribution is 0.101. The van der Waals surface area contributed by atoms with E-state index >= 15 is 0 Å². The molecule has 0 amide bonds. The van der Waals surface area contributed by atoms with Crippen LogP contribution in [0.2, 0.25) is 0 Å². The molecule has 0 saturated carbocycles. The number of aryl methyl sites for hydroxylation is 3. The Morgan fingerprint density at radius 1 is 1.24 bits per heavy atom. The van der Waals surface area contributed by atoms with Crippen LogP contribution in [0.3, 0.4) is 0 Å². The van der Waals surface area contributed by atoms with E-state index in [1.54, 1.807) is 43.2 Å². The van der Waals surface area contributed by atoms with Crippen molar-refractivity contribution in [3.05, 3.63) is 45.6 Å². The fraction of sp³-hybridized carbons (Fsp3) is 0.316. The lowest BCUT2D eigenvalue weighted by Crippen LogP contribution is -1.97. The molecule has 0 N–H and O–H groups in total. The number of carbonyl (C=O) groups excluding carboxylic acids is 1. The van der Waals surface area contributed by atoms with E-state index < -0.39 is 0 Å². The van der Waals surface area contributed by atoms with Gasteiger partial charge in [-0.25, -0.2) is 9.97 Å². The molecule has 130 valence electrons. The number of hydrogen-bond donors (Lipinski definition) is 0. The van der Waals surface area contributed by atoms with Crippen molar-refractivity contribution < 1.29 is 9.53 Å². The zero-order valence-electron chi connectivity index (χ0n) is 15.0. The van der Waals surface area contributed by atoms with Crippen LogP contribution in [0.1, 0.15) is 39.1 Å². The molecular formula is C19H20N2O2S2. The third-order valence-electron chi connectivity index (χ3n) is 4.16. The second-order valence-corrected chi connectivity index (χ2v) is 8.08. The van der Waals surface area contributed by atoms with E-state index in [1.807, 2.05) is 19.1 Å². The van der Waals surface area contributed by atoms with Crippen molar-refractivity contribution in [2.75, 3.05) is 7.11 Å². The van der Waals surface area contributed by atoms with Crippen LogP contribution in [0.25, 0.3) is 10.2 Å². The Labute approximate surface area is 155 Å². The van der Waals surface area contributed by atoms with Gasteiger partial charge in [0.1, 0.15) is 21.4 Å². The Morgan fingerprint density at radius 3 is 2.68 bits per heavy atom. The number of methoxy groups -OCH3 is 1. The van der Waals surface area contributed by atoms with Crippen LogP contribution in [0.5, 0.6) is 5.75 Å². The van der Waals surface area contributed by atoms with Gasteiger partial charge in [0.25, 0.3) is 0 Å². The highest BCUT2D eigenvalue weighted by Crippen LogP contribution is 2.37. The van der Waals surface area contributed by atoms with E-state index in [0.717, 1.165) is 32.4 Å². The molecule has 2 aromatic heterocycles. The van der Waals surface area contributed by atoms with Crippen LogP contribution < -0.4 is 4.74 Å². The average molecular weight is 373 g/mol. The minimum Gasteiger partial charge on any atom is -0.496 e. The van der Waals surface area contributed by atoms with E-state index in [4.69, 9.17) is 4.74 Å². The number of carbonyl (C=O) groups is 1. The largest absolute Gasteiger partial charge is 0.496 e. The number of ketones is 1. The van der Waals surface area contributed by atoms with Gasteiger partial charge in [-0.05, 0) is 51.5 Å². The van der Waals surface area contributed by atoms with Crippen molar-refractivity contribution in [1.82, 2.24) is 9.97 Å². The molecule has 0 unspecified atom stereocenters.